The molecule has 2 heterocycles. The first-order chi connectivity index (χ1) is 18.5. The van der Waals surface area contributed by atoms with Crippen molar-refractivity contribution >= 4 is 39.3 Å². The van der Waals surface area contributed by atoms with Gasteiger partial charge in [0, 0.05) is 0 Å². The van der Waals surface area contributed by atoms with Crippen LogP contribution in [0, 0.1) is 0 Å². The molecular weight excluding hydrogens is 564 g/mol. The van der Waals surface area contributed by atoms with Gasteiger partial charge in [-0.1, -0.05) is 78.1 Å². The van der Waals surface area contributed by atoms with E-state index in [1.54, 1.807) is 18.4 Å². The maximum Gasteiger partial charge on any atom is 0.338 e. The highest BCUT2D eigenvalue weighted by molar-refractivity contribution is 9.10. The van der Waals surface area contributed by atoms with Crippen LogP contribution in [0.4, 0.5) is 0 Å². The Hall–Kier alpha value is -3.75. The van der Waals surface area contributed by atoms with Crippen molar-refractivity contribution in [2.45, 2.75) is 26.5 Å². The highest BCUT2D eigenvalue weighted by atomic mass is 79.9. The maximum absolute atomic E-state index is 13.7. The smallest absolute Gasteiger partial charge is 0.338 e. The summed E-state index contributed by atoms with van der Waals surface area (Å²) in [7, 11) is 0. The molecule has 3 aromatic carbocycles. The zero-order valence-corrected chi connectivity index (χ0v) is 23.3. The van der Waals surface area contributed by atoms with Crippen molar-refractivity contribution in [1.29, 1.82) is 0 Å². The Morgan fingerprint density at radius 3 is 2.47 bits per heavy atom. The second kappa shape index (κ2) is 11.3. The molecule has 38 heavy (non-hydrogen) atoms. The van der Waals surface area contributed by atoms with Crippen molar-refractivity contribution in [2.24, 2.45) is 4.99 Å². The zero-order chi connectivity index (χ0) is 26.6. The van der Waals surface area contributed by atoms with Gasteiger partial charge in [0.1, 0.15) is 12.4 Å². The minimum Gasteiger partial charge on any atom is -0.488 e. The van der Waals surface area contributed by atoms with Crippen LogP contribution in [-0.2, 0) is 16.1 Å². The number of halogens is 1. The highest BCUT2D eigenvalue weighted by Gasteiger charge is 2.33. The molecule has 0 bridgehead atoms. The molecule has 4 aromatic rings. The van der Waals surface area contributed by atoms with E-state index in [4.69, 9.17) is 9.47 Å². The number of rotatable bonds is 7. The summed E-state index contributed by atoms with van der Waals surface area (Å²) in [6.07, 6.45) is 1.83. The second-order valence-electron chi connectivity index (χ2n) is 8.68. The molecule has 0 spiro atoms. The fraction of sp³-hybridized carbons (Fsp3) is 0.167. The van der Waals surface area contributed by atoms with Crippen molar-refractivity contribution in [1.82, 2.24) is 4.57 Å². The average Bonchev–Trinajstić information content (AvgIpc) is 3.22. The topological polar surface area (TPSA) is 69.9 Å². The lowest BCUT2D eigenvalue weighted by Gasteiger charge is -2.24. The summed E-state index contributed by atoms with van der Waals surface area (Å²) in [6.45, 7) is 4.24. The number of nitrogens with zero attached hydrogens (tertiary/aromatic N) is 2. The number of hydrogen-bond acceptors (Lipinski definition) is 6. The minimum absolute atomic E-state index is 0.211. The number of carbonyl (C=O) groups excluding carboxylic acids is 1. The number of fused-ring (bicyclic) bond motifs is 1. The van der Waals surface area contributed by atoms with Gasteiger partial charge in [-0.3, -0.25) is 9.36 Å². The fourth-order valence-electron chi connectivity index (χ4n) is 4.35. The van der Waals surface area contributed by atoms with Crippen LogP contribution in [0.5, 0.6) is 5.75 Å². The first kappa shape index (κ1) is 25.9. The lowest BCUT2D eigenvalue weighted by molar-refractivity contribution is -0.139. The van der Waals surface area contributed by atoms with Gasteiger partial charge in [-0.05, 0) is 64.7 Å². The van der Waals surface area contributed by atoms with E-state index < -0.39 is 12.0 Å². The maximum atomic E-state index is 13.7. The fourth-order valence-corrected chi connectivity index (χ4v) is 5.91. The van der Waals surface area contributed by atoms with Crippen molar-refractivity contribution in [3.8, 4) is 5.75 Å². The molecule has 6 nitrogen and oxygen atoms in total. The molecule has 0 N–H and O–H groups in total. The van der Waals surface area contributed by atoms with E-state index in [0.717, 1.165) is 21.2 Å². The van der Waals surface area contributed by atoms with Crippen LogP contribution in [-0.4, -0.2) is 17.1 Å². The van der Waals surface area contributed by atoms with Gasteiger partial charge < -0.3 is 9.47 Å². The van der Waals surface area contributed by atoms with Crippen LogP contribution >= 0.6 is 27.3 Å². The van der Waals surface area contributed by atoms with E-state index in [-0.39, 0.29) is 12.2 Å². The summed E-state index contributed by atoms with van der Waals surface area (Å²) in [5.74, 6) is 0.248. The summed E-state index contributed by atoms with van der Waals surface area (Å²) in [5.41, 5.74) is 3.45. The molecule has 5 rings (SSSR count). The third-order valence-corrected chi connectivity index (χ3v) is 7.73. The Labute approximate surface area is 232 Å². The predicted molar refractivity (Wildman–Crippen MR) is 152 cm³/mol. The Bertz CT molecular complexity index is 1690. The van der Waals surface area contributed by atoms with E-state index in [1.807, 2.05) is 84.9 Å². The summed E-state index contributed by atoms with van der Waals surface area (Å²) < 4.78 is 14.2. The third-order valence-electron chi connectivity index (χ3n) is 6.12. The Balaban J connectivity index is 1.53. The largest absolute Gasteiger partial charge is 0.488 e. The minimum atomic E-state index is -0.617. The first-order valence-corrected chi connectivity index (χ1v) is 13.8. The van der Waals surface area contributed by atoms with Gasteiger partial charge in [0.25, 0.3) is 5.56 Å². The quantitative estimate of drug-likeness (QED) is 0.280. The van der Waals surface area contributed by atoms with E-state index in [1.165, 1.54) is 11.3 Å². The number of aromatic nitrogens is 1. The van der Waals surface area contributed by atoms with Crippen molar-refractivity contribution < 1.29 is 14.3 Å². The molecule has 0 saturated heterocycles. The Morgan fingerprint density at radius 1 is 1.08 bits per heavy atom. The number of hydrogen-bond donors (Lipinski definition) is 0. The predicted octanol–water partition coefficient (Wildman–Crippen LogP) is 5.14. The SMILES string of the molecule is CCOC(=O)C1=C(C)N=c2s/c(=C/c3ccc(OCc4ccccc4)c(Br)c3)c(=O)n2[C@H]1c1ccccc1. The van der Waals surface area contributed by atoms with E-state index >= 15 is 0 Å². The Kier molecular flexibility index (Phi) is 7.72. The van der Waals surface area contributed by atoms with Crippen LogP contribution in [0.1, 0.15) is 36.6 Å². The lowest BCUT2D eigenvalue weighted by Crippen LogP contribution is -2.39. The number of thiazole rings is 1. The number of ether oxygens (including phenoxy) is 2. The molecule has 192 valence electrons. The van der Waals surface area contributed by atoms with Gasteiger partial charge in [0.15, 0.2) is 4.80 Å². The molecular formula is C30H25BrN2O4S. The van der Waals surface area contributed by atoms with Crippen LogP contribution in [0.15, 0.2) is 104 Å². The summed E-state index contributed by atoms with van der Waals surface area (Å²) in [4.78, 5) is 31.8. The second-order valence-corrected chi connectivity index (χ2v) is 10.5. The van der Waals surface area contributed by atoms with Crippen molar-refractivity contribution in [2.75, 3.05) is 6.61 Å². The highest BCUT2D eigenvalue weighted by Crippen LogP contribution is 2.31. The molecule has 1 aliphatic rings. The molecule has 0 radical (unpaired) electrons. The van der Waals surface area contributed by atoms with Crippen LogP contribution in [0.25, 0.3) is 6.08 Å². The monoisotopic (exact) mass is 588 g/mol. The number of allylic oxidation sites excluding steroid dienone is 1. The summed E-state index contributed by atoms with van der Waals surface area (Å²) in [6, 6.07) is 24.5. The molecule has 0 unspecified atom stereocenters. The zero-order valence-electron chi connectivity index (χ0n) is 20.9. The molecule has 1 atom stereocenters. The van der Waals surface area contributed by atoms with Crippen molar-refractivity contribution in [3.05, 3.63) is 131 Å². The summed E-state index contributed by atoms with van der Waals surface area (Å²) in [5, 5.41) is 0. The van der Waals surface area contributed by atoms with Gasteiger partial charge in [0.2, 0.25) is 0 Å². The third kappa shape index (κ3) is 5.28. The molecule has 0 amide bonds. The van der Waals surface area contributed by atoms with Crippen LogP contribution in [0.2, 0.25) is 0 Å². The molecule has 0 aliphatic carbocycles. The van der Waals surface area contributed by atoms with Gasteiger partial charge in [-0.2, -0.15) is 0 Å². The number of esters is 1. The molecule has 0 fully saturated rings. The van der Waals surface area contributed by atoms with Crippen LogP contribution < -0.4 is 19.6 Å². The van der Waals surface area contributed by atoms with E-state index in [0.29, 0.717) is 33.0 Å². The molecule has 8 heteroatoms. The van der Waals surface area contributed by atoms with Gasteiger partial charge >= 0.3 is 5.97 Å². The summed E-state index contributed by atoms with van der Waals surface area (Å²) >= 11 is 4.89. The number of carbonyl (C=O) groups is 1. The molecule has 1 aromatic heterocycles. The Morgan fingerprint density at radius 2 is 1.79 bits per heavy atom. The standard InChI is InChI=1S/C30H25BrN2O4S/c1-3-36-29(35)26-19(2)32-30-33(27(26)22-12-8-5-9-13-22)28(34)25(38-30)17-21-14-15-24(23(31)16-21)37-18-20-10-6-4-7-11-20/h4-17,27H,3,18H2,1-2H3/b25-17+/t27-/m0/s1. The number of benzene rings is 3. The van der Waals surface area contributed by atoms with Crippen LogP contribution in [0.3, 0.4) is 0 Å². The normalized spacial score (nSPS) is 15.1. The average molecular weight is 590 g/mol. The van der Waals surface area contributed by atoms with Gasteiger partial charge in [0.05, 0.1) is 32.9 Å². The molecule has 1 aliphatic heterocycles. The first-order valence-electron chi connectivity index (χ1n) is 12.2. The van der Waals surface area contributed by atoms with Crippen molar-refractivity contribution in [3.63, 3.8) is 0 Å². The van der Waals surface area contributed by atoms with Gasteiger partial charge in [-0.15, -0.1) is 0 Å². The van der Waals surface area contributed by atoms with E-state index in [9.17, 15) is 9.59 Å². The lowest BCUT2D eigenvalue weighted by atomic mass is 9.96. The van der Waals surface area contributed by atoms with E-state index in [2.05, 4.69) is 20.9 Å². The molecule has 0 saturated carbocycles. The van der Waals surface area contributed by atoms with Gasteiger partial charge in [-0.25, -0.2) is 9.79 Å².